The Bertz CT molecular complexity index is 182. The molecule has 1 aliphatic carbocycles. The first-order valence-corrected chi connectivity index (χ1v) is 7.05. The number of hydrogen-bond donors (Lipinski definition) is 1. The van der Waals surface area contributed by atoms with Gasteiger partial charge < -0.3 is 10.6 Å². The van der Waals surface area contributed by atoms with Crippen LogP contribution in [0.4, 0.5) is 0 Å². The molecule has 2 heteroatoms. The van der Waals surface area contributed by atoms with Gasteiger partial charge in [-0.2, -0.15) is 0 Å². The first kappa shape index (κ1) is 14.0. The van der Waals surface area contributed by atoms with Crippen LogP contribution in [0.25, 0.3) is 0 Å². The molecule has 0 aromatic carbocycles. The molecular formula is C14H30N2. The van der Waals surface area contributed by atoms with Crippen molar-refractivity contribution in [2.24, 2.45) is 17.6 Å². The molecule has 0 aromatic heterocycles. The van der Waals surface area contributed by atoms with E-state index < -0.39 is 0 Å². The van der Waals surface area contributed by atoms with E-state index in [0.717, 1.165) is 18.5 Å². The Hall–Kier alpha value is -0.0800. The molecule has 96 valence electrons. The number of rotatable bonds is 6. The monoisotopic (exact) mass is 226 g/mol. The van der Waals surface area contributed by atoms with E-state index >= 15 is 0 Å². The van der Waals surface area contributed by atoms with E-state index in [-0.39, 0.29) is 0 Å². The van der Waals surface area contributed by atoms with Gasteiger partial charge in [0.2, 0.25) is 0 Å². The number of nitrogens with two attached hydrogens (primary N) is 1. The Labute approximate surface area is 102 Å². The van der Waals surface area contributed by atoms with Crippen LogP contribution in [0.2, 0.25) is 0 Å². The van der Waals surface area contributed by atoms with Crippen molar-refractivity contribution in [2.75, 3.05) is 20.1 Å². The molecule has 0 spiro atoms. The molecule has 1 fully saturated rings. The first-order valence-electron chi connectivity index (χ1n) is 7.05. The van der Waals surface area contributed by atoms with Crippen LogP contribution in [-0.2, 0) is 0 Å². The van der Waals surface area contributed by atoms with Gasteiger partial charge in [0.05, 0.1) is 0 Å². The van der Waals surface area contributed by atoms with E-state index in [2.05, 4.69) is 25.8 Å². The SMILES string of the molecule is CC(CN)CCCN(C)C1CCCCC1C. The Morgan fingerprint density at radius 3 is 2.62 bits per heavy atom. The van der Waals surface area contributed by atoms with Gasteiger partial charge in [0, 0.05) is 6.04 Å². The summed E-state index contributed by atoms with van der Waals surface area (Å²) in [5, 5.41) is 0. The summed E-state index contributed by atoms with van der Waals surface area (Å²) in [5.41, 5.74) is 5.64. The molecule has 0 amide bonds. The maximum Gasteiger partial charge on any atom is 0.0118 e. The maximum atomic E-state index is 5.64. The van der Waals surface area contributed by atoms with E-state index in [1.807, 2.05) is 0 Å². The third-order valence-corrected chi connectivity index (χ3v) is 4.24. The predicted octanol–water partition coefficient (Wildman–Crippen LogP) is 2.87. The average molecular weight is 226 g/mol. The van der Waals surface area contributed by atoms with Crippen LogP contribution in [0, 0.1) is 11.8 Å². The van der Waals surface area contributed by atoms with Gasteiger partial charge in [-0.25, -0.2) is 0 Å². The third kappa shape index (κ3) is 4.42. The van der Waals surface area contributed by atoms with Gasteiger partial charge in [-0.3, -0.25) is 0 Å². The van der Waals surface area contributed by atoms with E-state index in [4.69, 9.17) is 5.73 Å². The van der Waals surface area contributed by atoms with Crippen LogP contribution in [0.15, 0.2) is 0 Å². The van der Waals surface area contributed by atoms with Crippen molar-refractivity contribution >= 4 is 0 Å². The smallest absolute Gasteiger partial charge is 0.0118 e. The standard InChI is InChI=1S/C14H30N2/c1-12(11-15)7-6-10-16(3)14-9-5-4-8-13(14)2/h12-14H,4-11,15H2,1-3H3. The lowest BCUT2D eigenvalue weighted by Crippen LogP contribution is -2.39. The van der Waals surface area contributed by atoms with Gasteiger partial charge in [0.25, 0.3) is 0 Å². The zero-order chi connectivity index (χ0) is 12.0. The second kappa shape index (κ2) is 7.29. The van der Waals surface area contributed by atoms with Crippen molar-refractivity contribution in [3.8, 4) is 0 Å². The second-order valence-corrected chi connectivity index (χ2v) is 5.79. The van der Waals surface area contributed by atoms with Gasteiger partial charge in [-0.1, -0.05) is 26.7 Å². The summed E-state index contributed by atoms with van der Waals surface area (Å²) in [6, 6.07) is 0.835. The summed E-state index contributed by atoms with van der Waals surface area (Å²) in [4.78, 5) is 2.59. The zero-order valence-corrected chi connectivity index (χ0v) is 11.4. The lowest BCUT2D eigenvalue weighted by atomic mass is 9.85. The Morgan fingerprint density at radius 2 is 2.00 bits per heavy atom. The van der Waals surface area contributed by atoms with Crippen LogP contribution >= 0.6 is 0 Å². The minimum atomic E-state index is 0.692. The van der Waals surface area contributed by atoms with Crippen molar-refractivity contribution in [3.05, 3.63) is 0 Å². The van der Waals surface area contributed by atoms with Crippen molar-refractivity contribution in [2.45, 2.75) is 58.4 Å². The molecule has 16 heavy (non-hydrogen) atoms. The number of hydrogen-bond acceptors (Lipinski definition) is 2. The minimum Gasteiger partial charge on any atom is -0.330 e. The first-order chi connectivity index (χ1) is 7.65. The molecule has 0 aromatic rings. The zero-order valence-electron chi connectivity index (χ0n) is 11.4. The van der Waals surface area contributed by atoms with Crippen molar-refractivity contribution in [3.63, 3.8) is 0 Å². The molecule has 1 aliphatic rings. The van der Waals surface area contributed by atoms with Gasteiger partial charge in [0.15, 0.2) is 0 Å². The van der Waals surface area contributed by atoms with Crippen molar-refractivity contribution < 1.29 is 0 Å². The van der Waals surface area contributed by atoms with E-state index in [1.54, 1.807) is 0 Å². The predicted molar refractivity (Wildman–Crippen MR) is 71.5 cm³/mol. The Kier molecular flexibility index (Phi) is 6.37. The fraction of sp³-hybridized carbons (Fsp3) is 1.00. The lowest BCUT2D eigenvalue weighted by Gasteiger charge is -2.36. The summed E-state index contributed by atoms with van der Waals surface area (Å²) < 4.78 is 0. The van der Waals surface area contributed by atoms with Crippen LogP contribution in [-0.4, -0.2) is 31.1 Å². The van der Waals surface area contributed by atoms with Crippen molar-refractivity contribution in [1.82, 2.24) is 4.90 Å². The summed E-state index contributed by atoms with van der Waals surface area (Å²) >= 11 is 0. The largest absolute Gasteiger partial charge is 0.330 e. The molecule has 3 atom stereocenters. The van der Waals surface area contributed by atoms with Crippen LogP contribution in [0.1, 0.15) is 52.4 Å². The molecule has 1 saturated carbocycles. The molecule has 2 nitrogen and oxygen atoms in total. The molecule has 0 radical (unpaired) electrons. The highest BCUT2D eigenvalue weighted by Crippen LogP contribution is 2.27. The maximum absolute atomic E-state index is 5.64. The van der Waals surface area contributed by atoms with Crippen LogP contribution in [0.3, 0.4) is 0 Å². The molecule has 2 N–H and O–H groups in total. The molecular weight excluding hydrogens is 196 g/mol. The Balaban J connectivity index is 2.20. The fourth-order valence-electron chi connectivity index (χ4n) is 2.92. The molecule has 1 rings (SSSR count). The van der Waals surface area contributed by atoms with E-state index in [1.165, 1.54) is 45.1 Å². The minimum absolute atomic E-state index is 0.692. The lowest BCUT2D eigenvalue weighted by molar-refractivity contribution is 0.136. The average Bonchev–Trinajstić information content (AvgIpc) is 2.29. The van der Waals surface area contributed by atoms with E-state index in [0.29, 0.717) is 5.92 Å². The van der Waals surface area contributed by atoms with Gasteiger partial charge in [-0.15, -0.1) is 0 Å². The molecule has 0 aliphatic heterocycles. The van der Waals surface area contributed by atoms with E-state index in [9.17, 15) is 0 Å². The second-order valence-electron chi connectivity index (χ2n) is 5.79. The quantitative estimate of drug-likeness (QED) is 0.754. The van der Waals surface area contributed by atoms with Crippen LogP contribution < -0.4 is 5.73 Å². The highest BCUT2D eigenvalue weighted by Gasteiger charge is 2.24. The normalized spacial score (nSPS) is 28.3. The number of nitrogens with zero attached hydrogens (tertiary/aromatic N) is 1. The highest BCUT2D eigenvalue weighted by molar-refractivity contribution is 4.79. The summed E-state index contributed by atoms with van der Waals surface area (Å²) in [6.45, 7) is 6.76. The topological polar surface area (TPSA) is 29.3 Å². The van der Waals surface area contributed by atoms with Gasteiger partial charge in [-0.05, 0) is 57.7 Å². The third-order valence-electron chi connectivity index (χ3n) is 4.24. The fourth-order valence-corrected chi connectivity index (χ4v) is 2.92. The molecule has 0 bridgehead atoms. The summed E-state index contributed by atoms with van der Waals surface area (Å²) in [5.74, 6) is 1.59. The highest BCUT2D eigenvalue weighted by atomic mass is 15.1. The summed E-state index contributed by atoms with van der Waals surface area (Å²) in [7, 11) is 2.31. The molecule has 3 unspecified atom stereocenters. The van der Waals surface area contributed by atoms with Crippen molar-refractivity contribution in [1.29, 1.82) is 0 Å². The molecule has 0 saturated heterocycles. The molecule has 0 heterocycles. The Morgan fingerprint density at radius 1 is 1.31 bits per heavy atom. The van der Waals surface area contributed by atoms with Crippen LogP contribution in [0.5, 0.6) is 0 Å². The van der Waals surface area contributed by atoms with Gasteiger partial charge in [0.1, 0.15) is 0 Å². The summed E-state index contributed by atoms with van der Waals surface area (Å²) in [6.07, 6.45) is 8.28. The van der Waals surface area contributed by atoms with Gasteiger partial charge >= 0.3 is 0 Å².